The molecule has 1 rings (SSSR count). The first kappa shape index (κ1) is 16.6. The van der Waals surface area contributed by atoms with E-state index in [2.05, 4.69) is 5.32 Å². The maximum absolute atomic E-state index is 12.1. The summed E-state index contributed by atoms with van der Waals surface area (Å²) in [5.74, 6) is -1.66. The van der Waals surface area contributed by atoms with Crippen LogP contribution in [0.1, 0.15) is 37.0 Å². The lowest BCUT2D eigenvalue weighted by molar-refractivity contribution is -0.144. The van der Waals surface area contributed by atoms with E-state index in [1.807, 2.05) is 6.92 Å². The zero-order valence-electron chi connectivity index (χ0n) is 11.2. The van der Waals surface area contributed by atoms with Crippen molar-refractivity contribution >= 4 is 40.8 Å². The Labute approximate surface area is 127 Å². The zero-order valence-corrected chi connectivity index (χ0v) is 12.7. The fraction of sp³-hybridized carbons (Fsp3) is 0.385. The number of carbonyl (C=O) groups is 2. The Morgan fingerprint density at radius 3 is 2.25 bits per heavy atom. The Bertz CT molecular complexity index is 525. The van der Waals surface area contributed by atoms with Gasteiger partial charge in [0.1, 0.15) is 5.54 Å². The third-order valence-electron chi connectivity index (χ3n) is 2.95. The lowest BCUT2D eigenvalue weighted by Crippen LogP contribution is -2.52. The molecule has 4 N–H and O–H groups in total. The number of hydrogen-bond donors (Lipinski definition) is 3. The predicted molar refractivity (Wildman–Crippen MR) is 79.3 cm³/mol. The van der Waals surface area contributed by atoms with Crippen LogP contribution in [0.4, 0.5) is 5.69 Å². The van der Waals surface area contributed by atoms with Crippen molar-refractivity contribution in [2.24, 2.45) is 0 Å². The summed E-state index contributed by atoms with van der Waals surface area (Å²) in [6.45, 7) is 3.29. The zero-order chi connectivity index (χ0) is 15.5. The van der Waals surface area contributed by atoms with Gasteiger partial charge in [0, 0.05) is 5.56 Å². The number of hydrogen-bond acceptors (Lipinski definition) is 3. The number of rotatable bonds is 5. The molecule has 0 aromatic heterocycles. The minimum absolute atomic E-state index is 0.148. The van der Waals surface area contributed by atoms with E-state index in [9.17, 15) is 14.7 Å². The molecule has 0 saturated carbocycles. The van der Waals surface area contributed by atoms with Crippen molar-refractivity contribution in [3.8, 4) is 0 Å². The molecule has 1 aromatic carbocycles. The lowest BCUT2D eigenvalue weighted by Gasteiger charge is -2.25. The number of halogens is 2. The summed E-state index contributed by atoms with van der Waals surface area (Å²) in [6, 6.07) is 2.71. The highest BCUT2D eigenvalue weighted by Crippen LogP contribution is 2.29. The molecule has 0 saturated heterocycles. The van der Waals surface area contributed by atoms with Crippen LogP contribution in [0.15, 0.2) is 12.1 Å². The molecule has 1 atom stereocenters. The number of anilines is 1. The number of nitrogens with one attached hydrogen (secondary N) is 1. The molecule has 1 aromatic rings. The number of carboxylic acid groups (broad SMARTS) is 1. The van der Waals surface area contributed by atoms with Crippen LogP contribution in [0.2, 0.25) is 10.0 Å². The van der Waals surface area contributed by atoms with Gasteiger partial charge in [-0.15, -0.1) is 0 Å². The van der Waals surface area contributed by atoms with Crippen LogP contribution in [0, 0.1) is 0 Å². The van der Waals surface area contributed by atoms with Gasteiger partial charge in [-0.1, -0.05) is 36.5 Å². The second-order valence-electron chi connectivity index (χ2n) is 4.69. The summed E-state index contributed by atoms with van der Waals surface area (Å²) >= 11 is 11.7. The Hall–Kier alpha value is -1.46. The van der Waals surface area contributed by atoms with E-state index in [1.165, 1.54) is 19.1 Å². The summed E-state index contributed by atoms with van der Waals surface area (Å²) in [5, 5.41) is 12.0. The van der Waals surface area contributed by atoms with Gasteiger partial charge in [0.2, 0.25) is 0 Å². The normalized spacial score (nSPS) is 13.6. The van der Waals surface area contributed by atoms with Crippen molar-refractivity contribution in [3.63, 3.8) is 0 Å². The Morgan fingerprint density at radius 2 is 1.85 bits per heavy atom. The van der Waals surface area contributed by atoms with E-state index in [-0.39, 0.29) is 21.3 Å². The van der Waals surface area contributed by atoms with E-state index >= 15 is 0 Å². The summed E-state index contributed by atoms with van der Waals surface area (Å²) < 4.78 is 0. The fourth-order valence-corrected chi connectivity index (χ4v) is 2.25. The van der Waals surface area contributed by atoms with Crippen LogP contribution < -0.4 is 11.1 Å². The molecule has 0 aliphatic heterocycles. The maximum atomic E-state index is 12.1. The molecule has 0 spiro atoms. The van der Waals surface area contributed by atoms with Gasteiger partial charge in [0.25, 0.3) is 5.91 Å². The Kier molecular flexibility index (Phi) is 5.25. The molecule has 0 heterocycles. The fourth-order valence-electron chi connectivity index (χ4n) is 1.76. The van der Waals surface area contributed by atoms with Gasteiger partial charge >= 0.3 is 5.97 Å². The molecule has 20 heavy (non-hydrogen) atoms. The molecule has 5 nitrogen and oxygen atoms in total. The second-order valence-corrected chi connectivity index (χ2v) is 5.51. The average molecular weight is 319 g/mol. The molecule has 1 amide bonds. The maximum Gasteiger partial charge on any atom is 0.329 e. The predicted octanol–water partition coefficient (Wildman–Crippen LogP) is 2.95. The van der Waals surface area contributed by atoms with E-state index in [0.29, 0.717) is 12.8 Å². The number of nitrogens with two attached hydrogens (primary N) is 1. The van der Waals surface area contributed by atoms with Crippen LogP contribution in [-0.2, 0) is 4.79 Å². The van der Waals surface area contributed by atoms with Crippen molar-refractivity contribution < 1.29 is 14.7 Å². The standard InChI is InChI=1S/C13H16Cl2N2O3/c1-3-4-13(2,12(19)20)17-11(18)7-5-8(14)10(16)9(15)6-7/h5-6H,3-4,16H2,1-2H3,(H,17,18)(H,19,20). The van der Waals surface area contributed by atoms with Gasteiger partial charge in [-0.05, 0) is 25.5 Å². The quantitative estimate of drug-likeness (QED) is 0.728. The minimum Gasteiger partial charge on any atom is -0.480 e. The van der Waals surface area contributed by atoms with Gasteiger partial charge < -0.3 is 16.2 Å². The van der Waals surface area contributed by atoms with Crippen molar-refractivity contribution in [2.45, 2.75) is 32.2 Å². The number of aliphatic carboxylic acids is 1. The SMILES string of the molecule is CCCC(C)(NC(=O)c1cc(Cl)c(N)c(Cl)c1)C(=O)O. The van der Waals surface area contributed by atoms with Crippen LogP contribution in [0.25, 0.3) is 0 Å². The number of nitrogen functional groups attached to an aromatic ring is 1. The van der Waals surface area contributed by atoms with E-state index in [0.717, 1.165) is 0 Å². The summed E-state index contributed by atoms with van der Waals surface area (Å²) in [5.41, 5.74) is 4.59. The molecule has 7 heteroatoms. The van der Waals surface area contributed by atoms with Gasteiger partial charge in [0.05, 0.1) is 15.7 Å². The first-order valence-corrected chi connectivity index (χ1v) is 6.77. The summed E-state index contributed by atoms with van der Waals surface area (Å²) in [6.07, 6.45) is 0.927. The summed E-state index contributed by atoms with van der Waals surface area (Å²) in [7, 11) is 0. The van der Waals surface area contributed by atoms with Crippen LogP contribution in [-0.4, -0.2) is 22.5 Å². The number of benzene rings is 1. The first-order valence-electron chi connectivity index (χ1n) is 6.01. The lowest BCUT2D eigenvalue weighted by atomic mass is 9.95. The van der Waals surface area contributed by atoms with E-state index in [4.69, 9.17) is 28.9 Å². The molecule has 0 aliphatic carbocycles. The highest BCUT2D eigenvalue weighted by Gasteiger charge is 2.34. The molecule has 0 radical (unpaired) electrons. The highest BCUT2D eigenvalue weighted by molar-refractivity contribution is 6.39. The van der Waals surface area contributed by atoms with Gasteiger partial charge in [-0.2, -0.15) is 0 Å². The number of carboxylic acids is 1. The minimum atomic E-state index is -1.34. The molecular formula is C13H16Cl2N2O3. The smallest absolute Gasteiger partial charge is 0.329 e. The van der Waals surface area contributed by atoms with Crippen LogP contribution >= 0.6 is 23.2 Å². The Balaban J connectivity index is 3.04. The third-order valence-corrected chi connectivity index (χ3v) is 3.58. The van der Waals surface area contributed by atoms with Crippen molar-refractivity contribution in [1.82, 2.24) is 5.32 Å². The molecule has 0 aliphatic rings. The van der Waals surface area contributed by atoms with E-state index < -0.39 is 17.4 Å². The first-order chi connectivity index (χ1) is 9.21. The largest absolute Gasteiger partial charge is 0.480 e. The topological polar surface area (TPSA) is 92.4 Å². The number of amides is 1. The molecule has 0 fully saturated rings. The second kappa shape index (κ2) is 6.33. The third kappa shape index (κ3) is 3.55. The monoisotopic (exact) mass is 318 g/mol. The molecule has 110 valence electrons. The highest BCUT2D eigenvalue weighted by atomic mass is 35.5. The van der Waals surface area contributed by atoms with Crippen molar-refractivity contribution in [3.05, 3.63) is 27.7 Å². The van der Waals surface area contributed by atoms with Gasteiger partial charge in [-0.25, -0.2) is 4.79 Å². The van der Waals surface area contributed by atoms with Gasteiger partial charge in [0.15, 0.2) is 0 Å². The van der Waals surface area contributed by atoms with Crippen LogP contribution in [0.3, 0.4) is 0 Å². The average Bonchev–Trinajstić information content (AvgIpc) is 2.35. The molecule has 1 unspecified atom stereocenters. The number of carbonyl (C=O) groups excluding carboxylic acids is 1. The van der Waals surface area contributed by atoms with Crippen LogP contribution in [0.5, 0.6) is 0 Å². The molecular weight excluding hydrogens is 303 g/mol. The summed E-state index contributed by atoms with van der Waals surface area (Å²) in [4.78, 5) is 23.4. The molecule has 0 bridgehead atoms. The van der Waals surface area contributed by atoms with E-state index in [1.54, 1.807) is 0 Å². The van der Waals surface area contributed by atoms with Crippen molar-refractivity contribution in [2.75, 3.05) is 5.73 Å². The van der Waals surface area contributed by atoms with Gasteiger partial charge in [-0.3, -0.25) is 4.79 Å². The van der Waals surface area contributed by atoms with Crippen molar-refractivity contribution in [1.29, 1.82) is 0 Å². The Morgan fingerprint density at radius 1 is 1.35 bits per heavy atom.